The average molecular weight is 138 g/mol. The summed E-state index contributed by atoms with van der Waals surface area (Å²) in [7, 11) is 0. The summed E-state index contributed by atoms with van der Waals surface area (Å²) >= 11 is 0. The second kappa shape index (κ2) is 4.04. The number of hydrogen-bond acceptors (Lipinski definition) is 1. The van der Waals surface area contributed by atoms with E-state index in [1.807, 2.05) is 26.0 Å². The molecule has 0 aliphatic rings. The molecule has 0 saturated heterocycles. The Morgan fingerprint density at radius 3 is 2.50 bits per heavy atom. The minimum Gasteiger partial charge on any atom is -0.303 e. The van der Waals surface area contributed by atoms with E-state index < -0.39 is 0 Å². The molecule has 0 heterocycles. The minimum absolute atomic E-state index is 0.223. The van der Waals surface area contributed by atoms with Gasteiger partial charge in [0.25, 0.3) is 0 Å². The van der Waals surface area contributed by atoms with Crippen molar-refractivity contribution in [1.29, 1.82) is 0 Å². The second-order valence-corrected chi connectivity index (χ2v) is 2.97. The van der Waals surface area contributed by atoms with Gasteiger partial charge in [0.1, 0.15) is 6.29 Å². The molecule has 0 spiro atoms. The number of allylic oxidation sites excluding steroid dienone is 3. The number of carbonyl (C=O) groups is 1. The summed E-state index contributed by atoms with van der Waals surface area (Å²) in [6.45, 7) is 7.35. The third-order valence-electron chi connectivity index (χ3n) is 1.24. The van der Waals surface area contributed by atoms with E-state index in [-0.39, 0.29) is 5.41 Å². The summed E-state index contributed by atoms with van der Waals surface area (Å²) in [6, 6.07) is 0. The Hall–Kier alpha value is -0.850. The molecule has 1 heteroatoms. The molecule has 0 aromatic carbocycles. The smallest absolute Gasteiger partial charge is 0.125 e. The Labute approximate surface area is 62.4 Å². The lowest BCUT2D eigenvalue weighted by Gasteiger charge is -2.12. The van der Waals surface area contributed by atoms with Crippen LogP contribution >= 0.6 is 0 Å². The Balaban J connectivity index is 3.77. The summed E-state index contributed by atoms with van der Waals surface area (Å²) in [4.78, 5) is 10.4. The molecule has 0 aliphatic carbocycles. The van der Waals surface area contributed by atoms with Crippen LogP contribution in [0.2, 0.25) is 0 Å². The van der Waals surface area contributed by atoms with Gasteiger partial charge >= 0.3 is 0 Å². The van der Waals surface area contributed by atoms with Crippen molar-refractivity contribution in [2.45, 2.75) is 20.3 Å². The van der Waals surface area contributed by atoms with Crippen molar-refractivity contribution in [2.75, 3.05) is 0 Å². The first-order valence-electron chi connectivity index (χ1n) is 3.36. The van der Waals surface area contributed by atoms with E-state index in [0.717, 1.165) is 12.7 Å². The monoisotopic (exact) mass is 138 g/mol. The molecule has 0 amide bonds. The SMILES string of the molecule is C=C/C=C/CC(C)(C)C=O. The van der Waals surface area contributed by atoms with Crippen LogP contribution in [0.4, 0.5) is 0 Å². The zero-order valence-electron chi connectivity index (χ0n) is 6.63. The molecule has 56 valence electrons. The van der Waals surface area contributed by atoms with Gasteiger partial charge in [0.15, 0.2) is 0 Å². The van der Waals surface area contributed by atoms with E-state index in [9.17, 15) is 4.79 Å². The van der Waals surface area contributed by atoms with Crippen molar-refractivity contribution in [3.05, 3.63) is 24.8 Å². The van der Waals surface area contributed by atoms with E-state index in [0.29, 0.717) is 0 Å². The van der Waals surface area contributed by atoms with Gasteiger partial charge in [-0.3, -0.25) is 0 Å². The zero-order chi connectivity index (χ0) is 8.04. The molecule has 0 fully saturated rings. The molecule has 0 N–H and O–H groups in total. The Morgan fingerprint density at radius 2 is 2.10 bits per heavy atom. The molecule has 0 aliphatic heterocycles. The van der Waals surface area contributed by atoms with E-state index in [1.54, 1.807) is 6.08 Å². The quantitative estimate of drug-likeness (QED) is 0.430. The standard InChI is InChI=1S/C9H14O/c1-4-5-6-7-9(2,3)8-10/h4-6,8H,1,7H2,2-3H3/b6-5+. The topological polar surface area (TPSA) is 17.1 Å². The van der Waals surface area contributed by atoms with Gasteiger partial charge in [0, 0.05) is 5.41 Å². The summed E-state index contributed by atoms with van der Waals surface area (Å²) in [5.74, 6) is 0. The molecule has 0 radical (unpaired) electrons. The molecule has 0 rings (SSSR count). The van der Waals surface area contributed by atoms with Gasteiger partial charge in [0.05, 0.1) is 0 Å². The molecule has 10 heavy (non-hydrogen) atoms. The van der Waals surface area contributed by atoms with Crippen LogP contribution < -0.4 is 0 Å². The van der Waals surface area contributed by atoms with Crippen molar-refractivity contribution in [3.8, 4) is 0 Å². The maximum Gasteiger partial charge on any atom is 0.125 e. The molecular weight excluding hydrogens is 124 g/mol. The van der Waals surface area contributed by atoms with Crippen LogP contribution in [0.5, 0.6) is 0 Å². The van der Waals surface area contributed by atoms with Crippen LogP contribution in [0.15, 0.2) is 24.8 Å². The maximum absolute atomic E-state index is 10.4. The highest BCUT2D eigenvalue weighted by Gasteiger charge is 2.12. The van der Waals surface area contributed by atoms with Gasteiger partial charge in [-0.15, -0.1) is 0 Å². The van der Waals surface area contributed by atoms with Crippen molar-refractivity contribution in [3.63, 3.8) is 0 Å². The fourth-order valence-electron chi connectivity index (χ4n) is 0.516. The summed E-state index contributed by atoms with van der Waals surface area (Å²) in [6.07, 6.45) is 7.26. The van der Waals surface area contributed by atoms with Crippen LogP contribution in [0.25, 0.3) is 0 Å². The van der Waals surface area contributed by atoms with Crippen molar-refractivity contribution >= 4 is 6.29 Å². The molecule has 0 saturated carbocycles. The summed E-state index contributed by atoms with van der Waals surface area (Å²) in [5, 5.41) is 0. The fourth-order valence-corrected chi connectivity index (χ4v) is 0.516. The first-order valence-corrected chi connectivity index (χ1v) is 3.36. The van der Waals surface area contributed by atoms with Gasteiger partial charge in [-0.05, 0) is 6.42 Å². The molecule has 0 atom stereocenters. The molecule has 0 unspecified atom stereocenters. The number of hydrogen-bond donors (Lipinski definition) is 0. The van der Waals surface area contributed by atoms with Crippen molar-refractivity contribution in [2.24, 2.45) is 5.41 Å². The van der Waals surface area contributed by atoms with E-state index in [1.165, 1.54) is 0 Å². The fraction of sp³-hybridized carbons (Fsp3) is 0.444. The molecule has 0 aromatic rings. The molecule has 1 nitrogen and oxygen atoms in total. The predicted octanol–water partition coefficient (Wildman–Crippen LogP) is 2.34. The largest absolute Gasteiger partial charge is 0.303 e. The zero-order valence-corrected chi connectivity index (χ0v) is 6.63. The van der Waals surface area contributed by atoms with Gasteiger partial charge < -0.3 is 4.79 Å². The first-order chi connectivity index (χ1) is 4.62. The van der Waals surface area contributed by atoms with Crippen molar-refractivity contribution < 1.29 is 4.79 Å². The van der Waals surface area contributed by atoms with Gasteiger partial charge in [0.2, 0.25) is 0 Å². The summed E-state index contributed by atoms with van der Waals surface area (Å²) in [5.41, 5.74) is -0.223. The van der Waals surface area contributed by atoms with E-state index in [2.05, 4.69) is 6.58 Å². The van der Waals surface area contributed by atoms with Crippen LogP contribution in [-0.4, -0.2) is 6.29 Å². The van der Waals surface area contributed by atoms with Crippen LogP contribution in [0.1, 0.15) is 20.3 Å². The highest BCUT2D eigenvalue weighted by atomic mass is 16.1. The van der Waals surface area contributed by atoms with Crippen LogP contribution in [0.3, 0.4) is 0 Å². The lowest BCUT2D eigenvalue weighted by Crippen LogP contribution is -2.10. The minimum atomic E-state index is -0.223. The second-order valence-electron chi connectivity index (χ2n) is 2.97. The predicted molar refractivity (Wildman–Crippen MR) is 43.8 cm³/mol. The number of aldehydes is 1. The molecule has 0 aromatic heterocycles. The third kappa shape index (κ3) is 4.07. The Morgan fingerprint density at radius 1 is 1.50 bits per heavy atom. The summed E-state index contributed by atoms with van der Waals surface area (Å²) < 4.78 is 0. The van der Waals surface area contributed by atoms with Gasteiger partial charge in [-0.2, -0.15) is 0 Å². The Bertz CT molecular complexity index is 143. The van der Waals surface area contributed by atoms with Gasteiger partial charge in [-0.1, -0.05) is 38.7 Å². The van der Waals surface area contributed by atoms with Crippen molar-refractivity contribution in [1.82, 2.24) is 0 Å². The maximum atomic E-state index is 10.4. The van der Waals surface area contributed by atoms with E-state index in [4.69, 9.17) is 0 Å². The molecular formula is C9H14O. The molecule has 0 bridgehead atoms. The number of carbonyl (C=O) groups excluding carboxylic acids is 1. The third-order valence-corrected chi connectivity index (χ3v) is 1.24. The average Bonchev–Trinajstić information content (AvgIpc) is 1.89. The lowest BCUT2D eigenvalue weighted by molar-refractivity contribution is -0.114. The van der Waals surface area contributed by atoms with Gasteiger partial charge in [-0.25, -0.2) is 0 Å². The lowest BCUT2D eigenvalue weighted by atomic mass is 9.91. The highest BCUT2D eigenvalue weighted by Crippen LogP contribution is 2.16. The van der Waals surface area contributed by atoms with Crippen LogP contribution in [-0.2, 0) is 4.79 Å². The van der Waals surface area contributed by atoms with Crippen LogP contribution in [0, 0.1) is 5.41 Å². The van der Waals surface area contributed by atoms with E-state index >= 15 is 0 Å². The normalized spacial score (nSPS) is 11.8. The number of rotatable bonds is 4. The Kier molecular flexibility index (Phi) is 3.70. The highest BCUT2D eigenvalue weighted by molar-refractivity contribution is 5.58. The first kappa shape index (κ1) is 9.15.